The lowest BCUT2D eigenvalue weighted by molar-refractivity contribution is 0.0697. The van der Waals surface area contributed by atoms with E-state index in [-0.39, 0.29) is 24.3 Å². The first-order valence-corrected chi connectivity index (χ1v) is 10.00. The van der Waals surface area contributed by atoms with E-state index < -0.39 is 5.97 Å². The van der Waals surface area contributed by atoms with Crippen molar-refractivity contribution in [3.8, 4) is 11.3 Å². The number of hydrogen-bond acceptors (Lipinski definition) is 5. The van der Waals surface area contributed by atoms with Crippen molar-refractivity contribution in [2.75, 3.05) is 13.2 Å². The molecule has 30 heavy (non-hydrogen) atoms. The van der Waals surface area contributed by atoms with Crippen LogP contribution in [0.2, 0.25) is 5.02 Å². The van der Waals surface area contributed by atoms with Gasteiger partial charge in [0.2, 0.25) is 0 Å². The summed E-state index contributed by atoms with van der Waals surface area (Å²) in [4.78, 5) is 17.6. The van der Waals surface area contributed by atoms with E-state index in [0.29, 0.717) is 33.8 Å². The van der Waals surface area contributed by atoms with Gasteiger partial charge in [-0.25, -0.2) is 4.79 Å². The van der Waals surface area contributed by atoms with Gasteiger partial charge in [0.15, 0.2) is 5.11 Å². The number of aliphatic hydroxyl groups is 1. The lowest BCUT2D eigenvalue weighted by Crippen LogP contribution is -2.32. The van der Waals surface area contributed by atoms with Crippen molar-refractivity contribution in [3.05, 3.63) is 76.8 Å². The monoisotopic (exact) mass is 443 g/mol. The van der Waals surface area contributed by atoms with Crippen LogP contribution in [-0.2, 0) is 0 Å². The van der Waals surface area contributed by atoms with Gasteiger partial charge in [-0.3, -0.25) is 4.98 Å². The fourth-order valence-electron chi connectivity index (χ4n) is 3.57. The van der Waals surface area contributed by atoms with Gasteiger partial charge >= 0.3 is 5.97 Å². The number of nitrogens with zero attached hydrogens (tertiary/aromatic N) is 2. The molecule has 0 radical (unpaired) electrons. The average Bonchev–Trinajstić information content (AvgIpc) is 3.34. The molecular formula is C21H18ClN3O4S. The van der Waals surface area contributed by atoms with Crippen molar-refractivity contribution in [3.63, 3.8) is 0 Å². The standard InChI is InChI=1S/C21H18ClN3O4S/c22-14-5-4-12(20(27)28)11-13(14)16-6-7-17(29-16)19-18(15-3-1-2-8-23-15)24-21(30)25(19)9-10-26/h1-8,11,18-19,26H,9-10H2,(H,24,30)(H,27,28). The molecule has 1 aliphatic rings. The zero-order chi connectivity index (χ0) is 21.3. The Bertz CT molecular complexity index is 1090. The third kappa shape index (κ3) is 3.77. The van der Waals surface area contributed by atoms with Crippen LogP contribution in [0.15, 0.2) is 59.1 Å². The second-order valence-corrected chi connectivity index (χ2v) is 7.54. The van der Waals surface area contributed by atoms with Crippen molar-refractivity contribution < 1.29 is 19.4 Å². The maximum absolute atomic E-state index is 11.3. The van der Waals surface area contributed by atoms with Gasteiger partial charge in [-0.05, 0) is 54.7 Å². The Morgan fingerprint density at radius 1 is 1.27 bits per heavy atom. The molecule has 0 spiro atoms. The minimum Gasteiger partial charge on any atom is -0.478 e. The Kier molecular flexibility index (Phi) is 5.72. The van der Waals surface area contributed by atoms with Crippen LogP contribution in [0.25, 0.3) is 11.3 Å². The minimum absolute atomic E-state index is 0.0761. The molecule has 1 saturated heterocycles. The van der Waals surface area contributed by atoms with E-state index in [4.69, 9.17) is 28.2 Å². The Morgan fingerprint density at radius 3 is 2.80 bits per heavy atom. The summed E-state index contributed by atoms with van der Waals surface area (Å²) in [7, 11) is 0. The second kappa shape index (κ2) is 8.43. The molecule has 1 aromatic carbocycles. The summed E-state index contributed by atoms with van der Waals surface area (Å²) < 4.78 is 6.12. The molecule has 2 unspecified atom stereocenters. The van der Waals surface area contributed by atoms with Crippen molar-refractivity contribution in [1.82, 2.24) is 15.2 Å². The molecule has 7 nitrogen and oxygen atoms in total. The maximum Gasteiger partial charge on any atom is 0.335 e. The summed E-state index contributed by atoms with van der Waals surface area (Å²) in [6.45, 7) is 0.248. The molecule has 154 valence electrons. The van der Waals surface area contributed by atoms with Crippen LogP contribution in [0.4, 0.5) is 0 Å². The number of nitrogens with one attached hydrogen (secondary N) is 1. The summed E-state index contributed by atoms with van der Waals surface area (Å²) in [6.07, 6.45) is 1.70. The highest BCUT2D eigenvalue weighted by atomic mass is 35.5. The van der Waals surface area contributed by atoms with Crippen molar-refractivity contribution in [1.29, 1.82) is 0 Å². The number of carbonyl (C=O) groups is 1. The molecule has 0 aliphatic carbocycles. The molecule has 3 aromatic rings. The fourth-order valence-corrected chi connectivity index (χ4v) is 4.11. The number of thiocarbonyl (C=S) groups is 1. The van der Waals surface area contributed by atoms with Crippen molar-refractivity contribution in [2.45, 2.75) is 12.1 Å². The quantitative estimate of drug-likeness (QED) is 0.496. The number of rotatable bonds is 6. The summed E-state index contributed by atoms with van der Waals surface area (Å²) in [6, 6.07) is 13.0. The van der Waals surface area contributed by atoms with Crippen LogP contribution in [0, 0.1) is 0 Å². The number of β-amino-alcohol motifs (C(OH)–C–C–N with tert-alkyl or cyclic N) is 1. The van der Waals surface area contributed by atoms with Crippen LogP contribution < -0.4 is 5.32 Å². The van der Waals surface area contributed by atoms with E-state index in [1.807, 2.05) is 23.1 Å². The summed E-state index contributed by atoms with van der Waals surface area (Å²) in [5, 5.41) is 22.9. The number of aromatic nitrogens is 1. The normalized spacial score (nSPS) is 18.5. The topological polar surface area (TPSA) is 98.8 Å². The number of benzene rings is 1. The number of pyridine rings is 1. The van der Waals surface area contributed by atoms with Crippen LogP contribution in [0.5, 0.6) is 0 Å². The molecule has 4 rings (SSSR count). The zero-order valence-electron chi connectivity index (χ0n) is 15.7. The molecule has 2 atom stereocenters. The SMILES string of the molecule is O=C(O)c1ccc(Cl)c(-c2ccc(C3C(c4ccccn4)NC(=S)N3CCO)o2)c1. The zero-order valence-corrected chi connectivity index (χ0v) is 17.2. The predicted octanol–water partition coefficient (Wildman–Crippen LogP) is 3.66. The van der Waals surface area contributed by atoms with Gasteiger partial charge in [0.25, 0.3) is 0 Å². The van der Waals surface area contributed by atoms with E-state index in [0.717, 1.165) is 5.69 Å². The van der Waals surface area contributed by atoms with Gasteiger partial charge in [0, 0.05) is 18.3 Å². The Hall–Kier alpha value is -2.94. The Balaban J connectivity index is 1.75. The predicted molar refractivity (Wildman–Crippen MR) is 115 cm³/mol. The van der Waals surface area contributed by atoms with Gasteiger partial charge in [0.1, 0.15) is 17.6 Å². The van der Waals surface area contributed by atoms with Crippen molar-refractivity contribution in [2.24, 2.45) is 0 Å². The van der Waals surface area contributed by atoms with E-state index in [1.165, 1.54) is 18.2 Å². The molecule has 3 heterocycles. The van der Waals surface area contributed by atoms with Crippen LogP contribution in [-0.4, -0.2) is 44.3 Å². The second-order valence-electron chi connectivity index (χ2n) is 6.75. The molecule has 3 N–H and O–H groups in total. The first kappa shape index (κ1) is 20.3. The van der Waals surface area contributed by atoms with Gasteiger partial charge in [0.05, 0.1) is 28.9 Å². The first-order valence-electron chi connectivity index (χ1n) is 9.21. The van der Waals surface area contributed by atoms with E-state index in [2.05, 4.69) is 10.3 Å². The summed E-state index contributed by atoms with van der Waals surface area (Å²) in [5.41, 5.74) is 1.39. The Labute approximate surface area is 182 Å². The van der Waals surface area contributed by atoms with E-state index >= 15 is 0 Å². The summed E-state index contributed by atoms with van der Waals surface area (Å²) >= 11 is 11.8. The lowest BCUT2D eigenvalue weighted by Gasteiger charge is -2.25. The van der Waals surface area contributed by atoms with Gasteiger partial charge in [-0.15, -0.1) is 0 Å². The lowest BCUT2D eigenvalue weighted by atomic mass is 10.0. The molecule has 1 aliphatic heterocycles. The molecular weight excluding hydrogens is 426 g/mol. The van der Waals surface area contributed by atoms with Crippen LogP contribution in [0.3, 0.4) is 0 Å². The van der Waals surface area contributed by atoms with Crippen LogP contribution in [0.1, 0.15) is 33.9 Å². The average molecular weight is 444 g/mol. The van der Waals surface area contributed by atoms with Crippen molar-refractivity contribution >= 4 is 34.9 Å². The minimum atomic E-state index is -1.05. The maximum atomic E-state index is 11.3. The highest BCUT2D eigenvalue weighted by Crippen LogP contribution is 2.41. The molecule has 2 aromatic heterocycles. The molecule has 0 amide bonds. The smallest absolute Gasteiger partial charge is 0.335 e. The number of carboxylic acid groups (broad SMARTS) is 1. The van der Waals surface area contributed by atoms with Gasteiger partial charge in [-0.1, -0.05) is 17.7 Å². The number of furan rings is 1. The highest BCUT2D eigenvalue weighted by molar-refractivity contribution is 7.80. The molecule has 1 fully saturated rings. The number of aromatic carboxylic acids is 1. The van der Waals surface area contributed by atoms with E-state index in [9.17, 15) is 15.0 Å². The number of hydrogen-bond donors (Lipinski definition) is 3. The van der Waals surface area contributed by atoms with E-state index in [1.54, 1.807) is 18.3 Å². The largest absolute Gasteiger partial charge is 0.478 e. The number of carboxylic acids is 1. The third-order valence-corrected chi connectivity index (χ3v) is 5.62. The molecule has 0 bridgehead atoms. The Morgan fingerprint density at radius 2 is 2.10 bits per heavy atom. The molecule has 9 heteroatoms. The number of aliphatic hydroxyl groups excluding tert-OH is 1. The first-order chi connectivity index (χ1) is 14.5. The number of halogens is 1. The fraction of sp³-hybridized carbons (Fsp3) is 0.190. The summed E-state index contributed by atoms with van der Waals surface area (Å²) in [5.74, 6) is -0.00717. The van der Waals surface area contributed by atoms with Gasteiger partial charge < -0.3 is 24.8 Å². The molecule has 0 saturated carbocycles. The van der Waals surface area contributed by atoms with Gasteiger partial charge in [-0.2, -0.15) is 0 Å². The third-order valence-electron chi connectivity index (χ3n) is 4.94. The van der Waals surface area contributed by atoms with Crippen LogP contribution >= 0.6 is 23.8 Å². The highest BCUT2D eigenvalue weighted by Gasteiger charge is 2.41.